The van der Waals surface area contributed by atoms with Crippen LogP contribution in [0.3, 0.4) is 0 Å². The number of hydrazine groups is 1. The topological polar surface area (TPSA) is 65.2 Å². The summed E-state index contributed by atoms with van der Waals surface area (Å²) in [5.74, 6) is 0.593. The normalized spacial score (nSPS) is 23.6. The van der Waals surface area contributed by atoms with E-state index in [-0.39, 0.29) is 16.7 Å². The molecule has 2 unspecified atom stereocenters. The number of nitrogens with zero attached hydrogens (tertiary/aromatic N) is 1. The van der Waals surface area contributed by atoms with E-state index in [1.807, 2.05) is 42.5 Å². The number of hydrogen-bond acceptors (Lipinski definition) is 3. The van der Waals surface area contributed by atoms with E-state index in [0.29, 0.717) is 22.4 Å². The summed E-state index contributed by atoms with van der Waals surface area (Å²) in [5.41, 5.74) is 5.95. The first-order valence-electron chi connectivity index (χ1n) is 10.6. The molecule has 1 aliphatic heterocycles. The minimum absolute atomic E-state index is 0.0344. The van der Waals surface area contributed by atoms with Crippen molar-refractivity contribution in [2.75, 3.05) is 5.75 Å². The van der Waals surface area contributed by atoms with Crippen LogP contribution in [0, 0.1) is 5.92 Å². The number of rotatable bonds is 3. The van der Waals surface area contributed by atoms with Gasteiger partial charge in [0.25, 0.3) is 11.8 Å². The van der Waals surface area contributed by atoms with Crippen LogP contribution in [0.1, 0.15) is 43.1 Å². The molecular formula is C24H24ClN3O2S. The van der Waals surface area contributed by atoms with Gasteiger partial charge in [0.2, 0.25) is 0 Å². The molecule has 2 aliphatic rings. The van der Waals surface area contributed by atoms with Gasteiger partial charge in [0.05, 0.1) is 5.75 Å². The van der Waals surface area contributed by atoms with E-state index in [2.05, 4.69) is 17.3 Å². The lowest BCUT2D eigenvalue weighted by Gasteiger charge is -2.42. The van der Waals surface area contributed by atoms with E-state index in [9.17, 15) is 9.59 Å². The van der Waals surface area contributed by atoms with Crippen LogP contribution in [-0.4, -0.2) is 32.4 Å². The molecule has 1 aliphatic carbocycles. The van der Waals surface area contributed by atoms with Crippen molar-refractivity contribution in [1.82, 2.24) is 15.4 Å². The number of aromatic amines is 1. The van der Waals surface area contributed by atoms with Gasteiger partial charge in [-0.05, 0) is 48.9 Å². The lowest BCUT2D eigenvalue weighted by molar-refractivity contribution is -0.134. The third kappa shape index (κ3) is 3.62. The highest BCUT2D eigenvalue weighted by Crippen LogP contribution is 2.48. The molecule has 2 fully saturated rings. The summed E-state index contributed by atoms with van der Waals surface area (Å²) in [7, 11) is 0. The fourth-order valence-electron chi connectivity index (χ4n) is 4.92. The molecule has 7 heteroatoms. The highest BCUT2D eigenvalue weighted by Gasteiger charge is 2.49. The van der Waals surface area contributed by atoms with Gasteiger partial charge in [-0.1, -0.05) is 55.3 Å². The van der Waals surface area contributed by atoms with Crippen molar-refractivity contribution >= 4 is 46.1 Å². The quantitative estimate of drug-likeness (QED) is 0.541. The number of fused-ring (bicyclic) bond motifs is 1. The van der Waals surface area contributed by atoms with E-state index in [4.69, 9.17) is 11.6 Å². The monoisotopic (exact) mass is 453 g/mol. The number of hydrogen-bond donors (Lipinski definition) is 2. The van der Waals surface area contributed by atoms with Crippen LogP contribution in [-0.2, 0) is 4.79 Å². The van der Waals surface area contributed by atoms with Gasteiger partial charge in [-0.3, -0.25) is 15.0 Å². The third-order valence-electron chi connectivity index (χ3n) is 6.32. The van der Waals surface area contributed by atoms with Crippen molar-refractivity contribution in [2.45, 2.75) is 37.5 Å². The number of aromatic nitrogens is 1. The Balaban J connectivity index is 1.55. The molecule has 5 nitrogen and oxygen atoms in total. The van der Waals surface area contributed by atoms with Crippen molar-refractivity contribution in [3.05, 3.63) is 59.2 Å². The largest absolute Gasteiger partial charge is 0.350 e. The number of carbonyl (C=O) groups excluding carboxylic acids is 2. The number of benzene rings is 2. The average molecular weight is 454 g/mol. The fraction of sp³-hybridized carbons (Fsp3) is 0.333. The number of thioether (sulfide) groups is 1. The Labute approximate surface area is 190 Å². The molecule has 31 heavy (non-hydrogen) atoms. The minimum atomic E-state index is -0.341. The molecule has 0 bridgehead atoms. The summed E-state index contributed by atoms with van der Waals surface area (Å²) in [6.45, 7) is 2.22. The molecule has 1 spiro atoms. The second kappa shape index (κ2) is 7.92. The molecule has 5 rings (SSSR count). The number of amides is 2. The standard InChI is InChI=1S/C24H24ClN3O2S/c1-15-6-5-11-24(13-15)28(20(29)14-31-24)27-23(30)22-21(16-7-3-2-4-8-16)18-12-17(25)9-10-19(18)26-22/h2-4,7-10,12,15,26H,5-6,11,13-14H2,1H3,(H,27,30). The van der Waals surface area contributed by atoms with Crippen LogP contribution < -0.4 is 5.43 Å². The lowest BCUT2D eigenvalue weighted by atomic mass is 9.86. The van der Waals surface area contributed by atoms with Crippen molar-refractivity contribution < 1.29 is 9.59 Å². The van der Waals surface area contributed by atoms with Crippen LogP contribution in [0.2, 0.25) is 5.02 Å². The van der Waals surface area contributed by atoms with Crippen molar-refractivity contribution in [1.29, 1.82) is 0 Å². The minimum Gasteiger partial charge on any atom is -0.350 e. The Morgan fingerprint density at radius 2 is 2.06 bits per heavy atom. The second-order valence-corrected chi connectivity index (χ2v) is 10.3. The molecular weight excluding hydrogens is 430 g/mol. The highest BCUT2D eigenvalue weighted by atomic mass is 35.5. The van der Waals surface area contributed by atoms with Crippen LogP contribution in [0.15, 0.2) is 48.5 Å². The number of H-pyrrole nitrogens is 1. The molecule has 2 heterocycles. The summed E-state index contributed by atoms with van der Waals surface area (Å²) < 4.78 is 0. The summed E-state index contributed by atoms with van der Waals surface area (Å²) in [4.78, 5) is 29.2. The van der Waals surface area contributed by atoms with Gasteiger partial charge in [0.15, 0.2) is 0 Å². The summed E-state index contributed by atoms with van der Waals surface area (Å²) in [6, 6.07) is 15.3. The number of halogens is 1. The van der Waals surface area contributed by atoms with Crippen LogP contribution in [0.5, 0.6) is 0 Å². The van der Waals surface area contributed by atoms with Crippen LogP contribution in [0.4, 0.5) is 0 Å². The zero-order valence-electron chi connectivity index (χ0n) is 17.3. The smallest absolute Gasteiger partial charge is 0.286 e. The molecule has 2 amide bonds. The fourth-order valence-corrected chi connectivity index (χ4v) is 6.58. The zero-order chi connectivity index (χ0) is 21.6. The van der Waals surface area contributed by atoms with Gasteiger partial charge in [-0.15, -0.1) is 11.8 Å². The van der Waals surface area contributed by atoms with Gasteiger partial charge in [-0.2, -0.15) is 0 Å². The average Bonchev–Trinajstić information content (AvgIpc) is 3.27. The highest BCUT2D eigenvalue weighted by molar-refractivity contribution is 8.01. The molecule has 160 valence electrons. The van der Waals surface area contributed by atoms with E-state index >= 15 is 0 Å². The van der Waals surface area contributed by atoms with Gasteiger partial charge in [0.1, 0.15) is 10.6 Å². The predicted octanol–water partition coefficient (Wildman–Crippen LogP) is 5.61. The first kappa shape index (κ1) is 20.5. The zero-order valence-corrected chi connectivity index (χ0v) is 18.9. The SMILES string of the molecule is CC1CCCC2(C1)SCC(=O)N2NC(=O)c1[nH]c2ccc(Cl)cc2c1-c1ccccc1. The molecule has 0 radical (unpaired) electrons. The maximum Gasteiger partial charge on any atom is 0.286 e. The first-order valence-corrected chi connectivity index (χ1v) is 12.0. The Hall–Kier alpha value is -2.44. The van der Waals surface area contributed by atoms with Crippen LogP contribution >= 0.6 is 23.4 Å². The third-order valence-corrected chi connectivity index (χ3v) is 8.03. The molecule has 1 saturated carbocycles. The van der Waals surface area contributed by atoms with Crippen molar-refractivity contribution in [3.8, 4) is 11.1 Å². The van der Waals surface area contributed by atoms with Crippen molar-refractivity contribution in [2.24, 2.45) is 5.92 Å². The predicted molar refractivity (Wildman–Crippen MR) is 126 cm³/mol. The van der Waals surface area contributed by atoms with E-state index < -0.39 is 0 Å². The van der Waals surface area contributed by atoms with Gasteiger partial charge in [-0.25, -0.2) is 5.01 Å². The Morgan fingerprint density at radius 3 is 2.84 bits per heavy atom. The molecule has 1 aromatic heterocycles. The van der Waals surface area contributed by atoms with Gasteiger partial charge < -0.3 is 4.98 Å². The summed E-state index contributed by atoms with van der Waals surface area (Å²) >= 11 is 7.93. The Kier molecular flexibility index (Phi) is 5.22. The molecule has 1 saturated heterocycles. The van der Waals surface area contributed by atoms with E-state index in [1.54, 1.807) is 22.8 Å². The van der Waals surface area contributed by atoms with Crippen LogP contribution in [0.25, 0.3) is 22.0 Å². The Morgan fingerprint density at radius 1 is 1.26 bits per heavy atom. The molecule has 2 N–H and O–H groups in total. The van der Waals surface area contributed by atoms with Gasteiger partial charge >= 0.3 is 0 Å². The maximum atomic E-state index is 13.5. The van der Waals surface area contributed by atoms with Crippen molar-refractivity contribution in [3.63, 3.8) is 0 Å². The number of nitrogens with one attached hydrogen (secondary N) is 2. The van der Waals surface area contributed by atoms with E-state index in [1.165, 1.54) is 6.42 Å². The second-order valence-electron chi connectivity index (χ2n) is 8.54. The summed E-state index contributed by atoms with van der Waals surface area (Å²) in [5, 5.41) is 3.10. The van der Waals surface area contributed by atoms with Gasteiger partial charge in [0, 0.05) is 21.5 Å². The molecule has 3 aromatic rings. The number of carbonyl (C=O) groups is 2. The molecule has 2 aromatic carbocycles. The molecule has 2 atom stereocenters. The Bertz CT molecular complexity index is 1160. The van der Waals surface area contributed by atoms with E-state index in [0.717, 1.165) is 41.3 Å². The summed E-state index contributed by atoms with van der Waals surface area (Å²) in [6.07, 6.45) is 4.03. The maximum absolute atomic E-state index is 13.5. The lowest BCUT2D eigenvalue weighted by Crippen LogP contribution is -2.56. The first-order chi connectivity index (χ1) is 15.0.